The zero-order valence-electron chi connectivity index (χ0n) is 17.4. The van der Waals surface area contributed by atoms with Gasteiger partial charge in [-0.05, 0) is 41.8 Å². The molecule has 3 N–H and O–H groups in total. The Morgan fingerprint density at radius 3 is 2.30 bits per heavy atom. The van der Waals surface area contributed by atoms with E-state index in [2.05, 4.69) is 10.3 Å². The van der Waals surface area contributed by atoms with E-state index in [0.717, 1.165) is 17.8 Å². The molecule has 0 saturated carbocycles. The molecule has 0 unspecified atom stereocenters. The number of rotatable bonds is 9. The van der Waals surface area contributed by atoms with Crippen molar-refractivity contribution in [2.24, 2.45) is 0 Å². The van der Waals surface area contributed by atoms with Crippen molar-refractivity contribution in [2.75, 3.05) is 6.54 Å². The van der Waals surface area contributed by atoms with Gasteiger partial charge in [0, 0.05) is 12.7 Å². The van der Waals surface area contributed by atoms with Crippen LogP contribution in [0.25, 0.3) is 0 Å². The highest BCUT2D eigenvalue weighted by Gasteiger charge is 2.20. The summed E-state index contributed by atoms with van der Waals surface area (Å²) in [6, 6.07) is 17.6. The van der Waals surface area contributed by atoms with E-state index in [1.807, 2.05) is 35.1 Å². The molecule has 0 atom stereocenters. The third-order valence-corrected chi connectivity index (χ3v) is 5.95. The fourth-order valence-electron chi connectivity index (χ4n) is 2.95. The topological polar surface area (TPSA) is 143 Å². The Balaban J connectivity index is 1.58. The second kappa shape index (κ2) is 10.5. The fraction of sp³-hybridized carbons (Fsp3) is 0.130. The molecule has 9 nitrogen and oxygen atoms in total. The summed E-state index contributed by atoms with van der Waals surface area (Å²) in [5.74, 6) is -2.33. The Kier molecular flexibility index (Phi) is 7.52. The van der Waals surface area contributed by atoms with Gasteiger partial charge in [0.2, 0.25) is 5.91 Å². The van der Waals surface area contributed by atoms with E-state index in [1.165, 1.54) is 18.2 Å². The van der Waals surface area contributed by atoms with Crippen LogP contribution in [-0.4, -0.2) is 42.8 Å². The number of nitrogens with zero attached hydrogens (tertiary/aromatic N) is 1. The number of carbonyl (C=O) groups is 3. The Morgan fingerprint density at radius 1 is 0.909 bits per heavy atom. The molecule has 1 aromatic heterocycles. The molecule has 3 rings (SSSR count). The van der Waals surface area contributed by atoms with E-state index in [0.29, 0.717) is 18.5 Å². The second-order valence-corrected chi connectivity index (χ2v) is 8.76. The average Bonchev–Trinajstić information content (AvgIpc) is 2.79. The molecule has 0 fully saturated rings. The Hall–Kier alpha value is -4.05. The van der Waals surface area contributed by atoms with Crippen LogP contribution in [0.15, 0.2) is 77.8 Å². The average molecular weight is 468 g/mol. The first kappa shape index (κ1) is 23.6. The Labute approximate surface area is 190 Å². The lowest BCUT2D eigenvalue weighted by atomic mass is 10.1. The van der Waals surface area contributed by atoms with Crippen molar-refractivity contribution >= 4 is 27.8 Å². The van der Waals surface area contributed by atoms with E-state index in [-0.39, 0.29) is 28.5 Å². The summed E-state index contributed by atoms with van der Waals surface area (Å²) in [5.41, 5.74) is 1.20. The number of pyridine rings is 1. The third kappa shape index (κ3) is 6.71. The lowest BCUT2D eigenvalue weighted by Crippen LogP contribution is -2.31. The number of amides is 2. The first-order chi connectivity index (χ1) is 15.7. The molecule has 0 radical (unpaired) electrons. The summed E-state index contributed by atoms with van der Waals surface area (Å²) in [6.07, 6.45) is 1.64. The van der Waals surface area contributed by atoms with Crippen LogP contribution >= 0.6 is 0 Å². The molecule has 170 valence electrons. The maximum Gasteiger partial charge on any atom is 0.354 e. The predicted molar refractivity (Wildman–Crippen MR) is 119 cm³/mol. The summed E-state index contributed by atoms with van der Waals surface area (Å²) >= 11 is 0. The zero-order valence-corrected chi connectivity index (χ0v) is 18.2. The van der Waals surface area contributed by atoms with Gasteiger partial charge in [0.25, 0.3) is 15.9 Å². The maximum atomic E-state index is 12.6. The maximum absolute atomic E-state index is 12.6. The summed E-state index contributed by atoms with van der Waals surface area (Å²) in [4.78, 5) is 38.7. The molecule has 0 aliphatic heterocycles. The molecule has 0 aliphatic rings. The van der Waals surface area contributed by atoms with Crippen molar-refractivity contribution in [3.05, 3.63) is 95.3 Å². The smallest absolute Gasteiger partial charge is 0.354 e. The molecular formula is C23H21N3O6S. The summed E-state index contributed by atoms with van der Waals surface area (Å²) in [5, 5.41) is 11.6. The SMILES string of the molecule is O=C(Cc1ccccc1)NCCc1cccc(S(=O)(=O)NC(=O)c2ccc(C(=O)O)nc2)c1. The normalized spacial score (nSPS) is 10.9. The summed E-state index contributed by atoms with van der Waals surface area (Å²) in [6.45, 7) is 0.323. The highest BCUT2D eigenvalue weighted by Crippen LogP contribution is 2.13. The number of aromatic nitrogens is 1. The molecule has 1 heterocycles. The van der Waals surface area contributed by atoms with Gasteiger partial charge < -0.3 is 10.4 Å². The number of sulfonamides is 1. The van der Waals surface area contributed by atoms with Crippen molar-refractivity contribution in [3.8, 4) is 0 Å². The van der Waals surface area contributed by atoms with Crippen LogP contribution in [0.3, 0.4) is 0 Å². The highest BCUT2D eigenvalue weighted by atomic mass is 32.2. The molecule has 0 aliphatic carbocycles. The van der Waals surface area contributed by atoms with E-state index in [9.17, 15) is 22.8 Å². The monoisotopic (exact) mass is 467 g/mol. The molecule has 0 bridgehead atoms. The van der Waals surface area contributed by atoms with Crippen LogP contribution in [0.5, 0.6) is 0 Å². The Morgan fingerprint density at radius 2 is 1.64 bits per heavy atom. The lowest BCUT2D eigenvalue weighted by molar-refractivity contribution is -0.120. The fourth-order valence-corrected chi connectivity index (χ4v) is 4.00. The van der Waals surface area contributed by atoms with Crippen molar-refractivity contribution in [3.63, 3.8) is 0 Å². The number of nitrogens with one attached hydrogen (secondary N) is 2. The van der Waals surface area contributed by atoms with Crippen molar-refractivity contribution in [1.29, 1.82) is 0 Å². The Bertz CT molecular complexity index is 1260. The second-order valence-electron chi connectivity index (χ2n) is 7.08. The van der Waals surface area contributed by atoms with Crippen molar-refractivity contribution < 1.29 is 27.9 Å². The van der Waals surface area contributed by atoms with Crippen LogP contribution in [0, 0.1) is 0 Å². The van der Waals surface area contributed by atoms with E-state index < -0.39 is 21.9 Å². The minimum atomic E-state index is -4.17. The van der Waals surface area contributed by atoms with Gasteiger partial charge >= 0.3 is 5.97 Å². The molecule has 2 amide bonds. The van der Waals surface area contributed by atoms with Crippen LogP contribution in [0.2, 0.25) is 0 Å². The number of carbonyl (C=O) groups excluding carboxylic acids is 2. The minimum Gasteiger partial charge on any atom is -0.477 e. The quantitative estimate of drug-likeness (QED) is 0.435. The summed E-state index contributed by atoms with van der Waals surface area (Å²) < 4.78 is 27.2. The van der Waals surface area contributed by atoms with E-state index in [4.69, 9.17) is 5.11 Å². The minimum absolute atomic E-state index is 0.0964. The zero-order chi connectivity index (χ0) is 23.8. The molecular weight excluding hydrogens is 446 g/mol. The number of aromatic carboxylic acids is 1. The van der Waals surface area contributed by atoms with Gasteiger partial charge in [-0.3, -0.25) is 9.59 Å². The molecule has 2 aromatic carbocycles. The first-order valence-corrected chi connectivity index (χ1v) is 11.4. The molecule has 10 heteroatoms. The van der Waals surface area contributed by atoms with Crippen molar-refractivity contribution in [1.82, 2.24) is 15.0 Å². The summed E-state index contributed by atoms with van der Waals surface area (Å²) in [7, 11) is -4.17. The van der Waals surface area contributed by atoms with Gasteiger partial charge in [0.1, 0.15) is 5.69 Å². The van der Waals surface area contributed by atoms with E-state index >= 15 is 0 Å². The van der Waals surface area contributed by atoms with Crippen LogP contribution in [0.1, 0.15) is 32.0 Å². The number of hydrogen-bond donors (Lipinski definition) is 3. The van der Waals surface area contributed by atoms with Crippen LogP contribution < -0.4 is 10.0 Å². The van der Waals surface area contributed by atoms with Gasteiger partial charge in [-0.2, -0.15) is 0 Å². The molecule has 33 heavy (non-hydrogen) atoms. The standard InChI is InChI=1S/C23H21N3O6S/c27-21(14-16-5-2-1-3-6-16)24-12-11-17-7-4-8-19(13-17)33(31,32)26-22(28)18-9-10-20(23(29)30)25-15-18/h1-10,13,15H,11-12,14H2,(H,24,27)(H,26,28)(H,29,30). The number of benzene rings is 2. The van der Waals surface area contributed by atoms with Crippen LogP contribution in [-0.2, 0) is 27.7 Å². The first-order valence-electron chi connectivity index (χ1n) is 9.90. The van der Waals surface area contributed by atoms with E-state index in [1.54, 1.807) is 12.1 Å². The largest absolute Gasteiger partial charge is 0.477 e. The molecule has 3 aromatic rings. The van der Waals surface area contributed by atoms with Gasteiger partial charge in [0.05, 0.1) is 16.9 Å². The van der Waals surface area contributed by atoms with Gasteiger partial charge in [-0.15, -0.1) is 0 Å². The van der Waals surface area contributed by atoms with Crippen molar-refractivity contribution in [2.45, 2.75) is 17.7 Å². The number of carboxylic acids is 1. The third-order valence-electron chi connectivity index (χ3n) is 4.62. The van der Waals surface area contributed by atoms with Gasteiger partial charge in [-0.1, -0.05) is 42.5 Å². The van der Waals surface area contributed by atoms with Crippen LogP contribution in [0.4, 0.5) is 0 Å². The number of hydrogen-bond acceptors (Lipinski definition) is 6. The highest BCUT2D eigenvalue weighted by molar-refractivity contribution is 7.90. The molecule has 0 saturated heterocycles. The van der Waals surface area contributed by atoms with Gasteiger partial charge in [0.15, 0.2) is 0 Å². The molecule has 0 spiro atoms. The number of carboxylic acid groups (broad SMARTS) is 1. The lowest BCUT2D eigenvalue weighted by Gasteiger charge is -2.09. The van der Waals surface area contributed by atoms with Gasteiger partial charge in [-0.25, -0.2) is 22.9 Å². The predicted octanol–water partition coefficient (Wildman–Crippen LogP) is 1.80.